The maximum atomic E-state index is 12.3. The van der Waals surface area contributed by atoms with Gasteiger partial charge in [0.05, 0.1) is 5.75 Å². The molecule has 4 nitrogen and oxygen atoms in total. The molecule has 112 valence electrons. The van der Waals surface area contributed by atoms with Gasteiger partial charge in [0.2, 0.25) is 10.0 Å². The zero-order valence-corrected chi connectivity index (χ0v) is 13.2. The molecule has 0 heterocycles. The lowest BCUT2D eigenvalue weighted by Crippen LogP contribution is -2.64. The number of rotatable bonds is 5. The van der Waals surface area contributed by atoms with Crippen molar-refractivity contribution in [2.75, 3.05) is 5.75 Å². The first-order valence-electron chi connectivity index (χ1n) is 7.03. The SMILES string of the molecule is CC(CS(=O)(=O)NC1CC(N)C1(C)C)c1ccccc1. The molecule has 1 fully saturated rings. The lowest BCUT2D eigenvalue weighted by Gasteiger charge is -2.50. The highest BCUT2D eigenvalue weighted by Gasteiger charge is 2.47. The molecule has 0 aromatic heterocycles. The molecule has 5 heteroatoms. The molecule has 20 heavy (non-hydrogen) atoms. The van der Waals surface area contributed by atoms with Crippen LogP contribution >= 0.6 is 0 Å². The Labute approximate surface area is 121 Å². The second-order valence-corrected chi connectivity index (χ2v) is 8.23. The fraction of sp³-hybridized carbons (Fsp3) is 0.600. The van der Waals surface area contributed by atoms with Crippen molar-refractivity contribution in [1.82, 2.24) is 4.72 Å². The highest BCUT2D eigenvalue weighted by atomic mass is 32.2. The van der Waals surface area contributed by atoms with Crippen molar-refractivity contribution in [2.24, 2.45) is 11.1 Å². The Morgan fingerprint density at radius 2 is 1.95 bits per heavy atom. The molecule has 3 N–H and O–H groups in total. The number of benzene rings is 1. The van der Waals surface area contributed by atoms with Crippen LogP contribution in [-0.2, 0) is 10.0 Å². The molecule has 0 amide bonds. The zero-order valence-electron chi connectivity index (χ0n) is 12.3. The van der Waals surface area contributed by atoms with Crippen LogP contribution in [0.5, 0.6) is 0 Å². The standard InChI is InChI=1S/C15H24N2O2S/c1-11(12-7-5-4-6-8-12)10-20(18,19)17-14-9-13(16)15(14,2)3/h4-8,11,13-14,17H,9-10,16H2,1-3H3. The van der Waals surface area contributed by atoms with E-state index in [0.717, 1.165) is 5.56 Å². The van der Waals surface area contributed by atoms with Crippen molar-refractivity contribution >= 4 is 10.0 Å². The number of hydrogen-bond acceptors (Lipinski definition) is 3. The van der Waals surface area contributed by atoms with Gasteiger partial charge in [-0.3, -0.25) is 0 Å². The summed E-state index contributed by atoms with van der Waals surface area (Å²) in [4.78, 5) is 0. The van der Waals surface area contributed by atoms with Gasteiger partial charge in [0.15, 0.2) is 0 Å². The molecule has 0 spiro atoms. The molecule has 1 saturated carbocycles. The van der Waals surface area contributed by atoms with E-state index in [2.05, 4.69) is 4.72 Å². The minimum atomic E-state index is -3.29. The van der Waals surface area contributed by atoms with Crippen molar-refractivity contribution in [3.8, 4) is 0 Å². The fourth-order valence-electron chi connectivity index (χ4n) is 2.63. The summed E-state index contributed by atoms with van der Waals surface area (Å²) in [5.74, 6) is 0.0873. The average molecular weight is 296 g/mol. The van der Waals surface area contributed by atoms with Crippen LogP contribution in [0.3, 0.4) is 0 Å². The summed E-state index contributed by atoms with van der Waals surface area (Å²) >= 11 is 0. The maximum Gasteiger partial charge on any atom is 0.212 e. The van der Waals surface area contributed by atoms with Crippen LogP contribution in [0.15, 0.2) is 30.3 Å². The monoisotopic (exact) mass is 296 g/mol. The molecule has 1 aliphatic carbocycles. The molecule has 0 radical (unpaired) electrons. The molecule has 1 aromatic carbocycles. The van der Waals surface area contributed by atoms with Crippen molar-refractivity contribution in [3.05, 3.63) is 35.9 Å². The van der Waals surface area contributed by atoms with E-state index in [0.29, 0.717) is 6.42 Å². The number of nitrogens with one attached hydrogen (secondary N) is 1. The minimum Gasteiger partial charge on any atom is -0.327 e. The Morgan fingerprint density at radius 3 is 2.45 bits per heavy atom. The molecule has 1 aromatic rings. The summed E-state index contributed by atoms with van der Waals surface area (Å²) in [5, 5.41) is 0. The molecule has 3 unspecified atom stereocenters. The Balaban J connectivity index is 1.99. The Hall–Kier alpha value is -0.910. The number of hydrogen-bond donors (Lipinski definition) is 2. The van der Waals surface area contributed by atoms with Gasteiger partial charge in [0.25, 0.3) is 0 Å². The molecule has 1 aliphatic rings. The van der Waals surface area contributed by atoms with Gasteiger partial charge in [0.1, 0.15) is 0 Å². The van der Waals surface area contributed by atoms with Gasteiger partial charge in [-0.2, -0.15) is 0 Å². The first kappa shape index (κ1) is 15.5. The van der Waals surface area contributed by atoms with E-state index in [1.807, 2.05) is 51.1 Å². The fourth-order valence-corrected chi connectivity index (χ4v) is 4.41. The van der Waals surface area contributed by atoms with Crippen LogP contribution in [0.2, 0.25) is 0 Å². The first-order valence-corrected chi connectivity index (χ1v) is 8.68. The smallest absolute Gasteiger partial charge is 0.212 e. The van der Waals surface area contributed by atoms with Crippen molar-refractivity contribution in [1.29, 1.82) is 0 Å². The van der Waals surface area contributed by atoms with Gasteiger partial charge in [-0.1, -0.05) is 51.1 Å². The van der Waals surface area contributed by atoms with E-state index in [-0.39, 0.29) is 29.2 Å². The Bertz CT molecular complexity index is 554. The summed E-state index contributed by atoms with van der Waals surface area (Å²) in [6.07, 6.45) is 0.714. The normalized spacial score (nSPS) is 26.8. The Kier molecular flexibility index (Phi) is 4.23. The van der Waals surface area contributed by atoms with Gasteiger partial charge in [-0.25, -0.2) is 13.1 Å². The van der Waals surface area contributed by atoms with Gasteiger partial charge in [-0.15, -0.1) is 0 Å². The lowest BCUT2D eigenvalue weighted by molar-refractivity contribution is 0.0903. The van der Waals surface area contributed by atoms with E-state index in [4.69, 9.17) is 5.73 Å². The number of nitrogens with two attached hydrogens (primary N) is 1. The van der Waals surface area contributed by atoms with Crippen molar-refractivity contribution < 1.29 is 8.42 Å². The third kappa shape index (κ3) is 3.22. The van der Waals surface area contributed by atoms with Crippen LogP contribution in [0.25, 0.3) is 0 Å². The summed E-state index contributed by atoms with van der Waals surface area (Å²) in [6, 6.07) is 9.74. The van der Waals surface area contributed by atoms with Gasteiger partial charge >= 0.3 is 0 Å². The zero-order chi connectivity index (χ0) is 15.0. The van der Waals surface area contributed by atoms with E-state index in [9.17, 15) is 8.42 Å². The van der Waals surface area contributed by atoms with E-state index < -0.39 is 10.0 Å². The largest absolute Gasteiger partial charge is 0.327 e. The topological polar surface area (TPSA) is 72.2 Å². The van der Waals surface area contributed by atoms with Crippen LogP contribution in [0, 0.1) is 5.41 Å². The minimum absolute atomic E-state index is 0.0226. The van der Waals surface area contributed by atoms with Crippen molar-refractivity contribution in [2.45, 2.75) is 45.2 Å². The van der Waals surface area contributed by atoms with E-state index >= 15 is 0 Å². The predicted octanol–water partition coefficient (Wildman–Crippen LogP) is 1.84. The van der Waals surface area contributed by atoms with Gasteiger partial charge in [0, 0.05) is 12.1 Å². The second kappa shape index (κ2) is 5.47. The van der Waals surface area contributed by atoms with Crippen molar-refractivity contribution in [3.63, 3.8) is 0 Å². The third-order valence-electron chi connectivity index (χ3n) is 4.50. The van der Waals surface area contributed by atoms with E-state index in [1.165, 1.54) is 0 Å². The van der Waals surface area contributed by atoms with Crippen LogP contribution in [-0.4, -0.2) is 26.3 Å². The van der Waals surface area contributed by atoms with Crippen LogP contribution in [0.1, 0.15) is 38.7 Å². The summed E-state index contributed by atoms with van der Waals surface area (Å²) in [5.41, 5.74) is 6.80. The molecule has 2 rings (SSSR count). The number of sulfonamides is 1. The van der Waals surface area contributed by atoms with Gasteiger partial charge < -0.3 is 5.73 Å². The molecule has 0 saturated heterocycles. The maximum absolute atomic E-state index is 12.3. The van der Waals surface area contributed by atoms with Crippen LogP contribution in [0.4, 0.5) is 0 Å². The molecule has 0 bridgehead atoms. The average Bonchev–Trinajstić information content (AvgIpc) is 2.38. The molecular formula is C15H24N2O2S. The summed E-state index contributed by atoms with van der Waals surface area (Å²) < 4.78 is 27.3. The highest BCUT2D eigenvalue weighted by Crippen LogP contribution is 2.39. The summed E-state index contributed by atoms with van der Waals surface area (Å²) in [7, 11) is -3.29. The molecular weight excluding hydrogens is 272 g/mol. The lowest BCUT2D eigenvalue weighted by atomic mass is 9.64. The first-order chi connectivity index (χ1) is 9.22. The predicted molar refractivity (Wildman–Crippen MR) is 81.9 cm³/mol. The quantitative estimate of drug-likeness (QED) is 0.871. The van der Waals surface area contributed by atoms with Crippen LogP contribution < -0.4 is 10.5 Å². The molecule has 0 aliphatic heterocycles. The third-order valence-corrected chi connectivity index (χ3v) is 6.09. The Morgan fingerprint density at radius 1 is 1.35 bits per heavy atom. The van der Waals surface area contributed by atoms with E-state index in [1.54, 1.807) is 0 Å². The highest BCUT2D eigenvalue weighted by molar-refractivity contribution is 7.89. The second-order valence-electron chi connectivity index (χ2n) is 6.43. The molecule has 3 atom stereocenters. The van der Waals surface area contributed by atoms with Gasteiger partial charge in [-0.05, 0) is 23.3 Å². The summed E-state index contributed by atoms with van der Waals surface area (Å²) in [6.45, 7) is 5.95.